The van der Waals surface area contributed by atoms with E-state index >= 15 is 0 Å². The molecule has 0 aliphatic carbocycles. The summed E-state index contributed by atoms with van der Waals surface area (Å²) >= 11 is 0. The van der Waals surface area contributed by atoms with Gasteiger partial charge in [-0.15, -0.1) is 0 Å². The van der Waals surface area contributed by atoms with E-state index in [1.165, 1.54) is 28.5 Å². The third-order valence-corrected chi connectivity index (χ3v) is 6.06. The van der Waals surface area contributed by atoms with Gasteiger partial charge in [0.2, 0.25) is 0 Å². The zero-order valence-corrected chi connectivity index (χ0v) is 17.9. The van der Waals surface area contributed by atoms with Gasteiger partial charge >= 0.3 is 6.18 Å². The molecule has 0 aromatic heterocycles. The second kappa shape index (κ2) is 9.65. The molecule has 2 atom stereocenters. The van der Waals surface area contributed by atoms with Gasteiger partial charge in [0, 0.05) is 12.1 Å². The van der Waals surface area contributed by atoms with Gasteiger partial charge in [0.05, 0.1) is 5.56 Å². The maximum absolute atomic E-state index is 13.0. The first-order chi connectivity index (χ1) is 14.3. The number of halogens is 3. The number of hydrogen-bond donors (Lipinski definition) is 0. The van der Waals surface area contributed by atoms with Crippen LogP contribution >= 0.6 is 0 Å². The highest BCUT2D eigenvalue weighted by Gasteiger charge is 2.30. The van der Waals surface area contributed by atoms with E-state index in [1.807, 2.05) is 0 Å². The number of aryl methyl sites for hydroxylation is 1. The minimum atomic E-state index is -4.29. The summed E-state index contributed by atoms with van der Waals surface area (Å²) in [6.07, 6.45) is -1.81. The zero-order chi connectivity index (χ0) is 21.7. The highest BCUT2D eigenvalue weighted by atomic mass is 19.4. The number of alkyl halides is 3. The van der Waals surface area contributed by atoms with Crippen molar-refractivity contribution in [2.45, 2.75) is 58.3 Å². The smallest absolute Gasteiger partial charge is 0.294 e. The molecule has 0 saturated heterocycles. The van der Waals surface area contributed by atoms with Gasteiger partial charge in [-0.2, -0.15) is 13.2 Å². The molecule has 0 radical (unpaired) electrons. The van der Waals surface area contributed by atoms with Crippen molar-refractivity contribution in [3.05, 3.63) is 83.4 Å². The van der Waals surface area contributed by atoms with Gasteiger partial charge in [0.25, 0.3) is 0 Å². The van der Waals surface area contributed by atoms with Crippen LogP contribution in [0.3, 0.4) is 0 Å². The normalized spacial score (nSPS) is 14.2. The van der Waals surface area contributed by atoms with Crippen LogP contribution in [0.15, 0.2) is 66.7 Å². The van der Waals surface area contributed by atoms with Crippen LogP contribution in [0.2, 0.25) is 0 Å². The van der Waals surface area contributed by atoms with E-state index < -0.39 is 11.7 Å². The predicted octanol–water partition coefficient (Wildman–Crippen LogP) is 7.65. The molecule has 30 heavy (non-hydrogen) atoms. The Labute approximate surface area is 177 Å². The first kappa shape index (κ1) is 22.4. The molecule has 0 aliphatic rings. The molecule has 0 aliphatic heterocycles. The third kappa shape index (κ3) is 5.23. The number of hydrogen-bond acceptors (Lipinski definition) is 1. The van der Waals surface area contributed by atoms with Crippen molar-refractivity contribution in [3.8, 4) is 0 Å². The SMILES string of the molecule is CC[C@H](C)N(CCCc1cccc(C(F)(F)F)c1)[C@H](C)c1cccc2ccccc12. The van der Waals surface area contributed by atoms with Crippen LogP contribution in [0, 0.1) is 0 Å². The Morgan fingerprint density at radius 2 is 1.60 bits per heavy atom. The maximum Gasteiger partial charge on any atom is 0.416 e. The predicted molar refractivity (Wildman–Crippen MR) is 119 cm³/mol. The average molecular weight is 414 g/mol. The molecule has 0 N–H and O–H groups in total. The lowest BCUT2D eigenvalue weighted by Crippen LogP contribution is -2.36. The fraction of sp³-hybridized carbons (Fsp3) is 0.385. The molecule has 3 rings (SSSR count). The van der Waals surface area contributed by atoms with Gasteiger partial charge in [-0.1, -0.05) is 67.6 Å². The van der Waals surface area contributed by atoms with Crippen LogP contribution in [0.1, 0.15) is 56.3 Å². The molecule has 0 amide bonds. The topological polar surface area (TPSA) is 3.24 Å². The van der Waals surface area contributed by atoms with Gasteiger partial charge in [-0.3, -0.25) is 4.90 Å². The molecule has 3 aromatic rings. The summed E-state index contributed by atoms with van der Waals surface area (Å²) in [6.45, 7) is 7.49. The maximum atomic E-state index is 13.0. The average Bonchev–Trinajstić information content (AvgIpc) is 2.75. The molecular weight excluding hydrogens is 383 g/mol. The Kier molecular flexibility index (Phi) is 7.19. The molecule has 0 bridgehead atoms. The van der Waals surface area contributed by atoms with Crippen LogP contribution in [0.4, 0.5) is 13.2 Å². The Morgan fingerprint density at radius 3 is 2.33 bits per heavy atom. The van der Waals surface area contributed by atoms with Gasteiger partial charge in [-0.25, -0.2) is 0 Å². The van der Waals surface area contributed by atoms with Crippen LogP contribution in [0.25, 0.3) is 10.8 Å². The Hall–Kier alpha value is -2.33. The summed E-state index contributed by atoms with van der Waals surface area (Å²) in [4.78, 5) is 2.48. The summed E-state index contributed by atoms with van der Waals surface area (Å²) in [5, 5.41) is 2.49. The number of benzene rings is 3. The quantitative estimate of drug-likeness (QED) is 0.366. The lowest BCUT2D eigenvalue weighted by Gasteiger charge is -2.35. The molecule has 0 heterocycles. The van der Waals surface area contributed by atoms with E-state index in [0.717, 1.165) is 31.0 Å². The standard InChI is InChI=1S/C26H30F3N/c1-4-19(2)30(17-9-11-21-10-7-14-23(18-21)26(27,28)29)20(3)24-16-8-13-22-12-5-6-15-25(22)24/h5-8,10,12-16,18-20H,4,9,11,17H2,1-3H3/t19-,20+/m0/s1. The van der Waals surface area contributed by atoms with E-state index in [1.54, 1.807) is 6.07 Å². The number of nitrogens with zero attached hydrogens (tertiary/aromatic N) is 1. The first-order valence-electron chi connectivity index (χ1n) is 10.7. The molecule has 0 fully saturated rings. The second-order valence-electron chi connectivity index (χ2n) is 8.04. The van der Waals surface area contributed by atoms with Crippen molar-refractivity contribution in [1.29, 1.82) is 0 Å². The zero-order valence-electron chi connectivity index (χ0n) is 17.9. The van der Waals surface area contributed by atoms with E-state index in [0.29, 0.717) is 12.5 Å². The molecule has 3 aromatic carbocycles. The van der Waals surface area contributed by atoms with E-state index in [4.69, 9.17) is 0 Å². The Balaban J connectivity index is 1.75. The highest BCUT2D eigenvalue weighted by Crippen LogP contribution is 2.31. The summed E-state index contributed by atoms with van der Waals surface area (Å²) < 4.78 is 38.9. The molecule has 1 nitrogen and oxygen atoms in total. The Bertz CT molecular complexity index is 958. The van der Waals surface area contributed by atoms with Gasteiger partial charge < -0.3 is 0 Å². The van der Waals surface area contributed by atoms with E-state index in [-0.39, 0.29) is 6.04 Å². The van der Waals surface area contributed by atoms with Crippen molar-refractivity contribution in [2.75, 3.05) is 6.54 Å². The van der Waals surface area contributed by atoms with Crippen molar-refractivity contribution in [3.63, 3.8) is 0 Å². The molecule has 0 saturated carbocycles. The van der Waals surface area contributed by atoms with Crippen molar-refractivity contribution >= 4 is 10.8 Å². The second-order valence-corrected chi connectivity index (χ2v) is 8.04. The number of fused-ring (bicyclic) bond motifs is 1. The monoisotopic (exact) mass is 413 g/mol. The Morgan fingerprint density at radius 1 is 0.900 bits per heavy atom. The minimum absolute atomic E-state index is 0.229. The van der Waals surface area contributed by atoms with E-state index in [9.17, 15) is 13.2 Å². The fourth-order valence-corrected chi connectivity index (χ4v) is 4.19. The van der Waals surface area contributed by atoms with Gasteiger partial charge in [-0.05, 0) is 67.6 Å². The largest absolute Gasteiger partial charge is 0.416 e. The first-order valence-corrected chi connectivity index (χ1v) is 10.7. The summed E-state index contributed by atoms with van der Waals surface area (Å²) in [5.41, 5.74) is 1.47. The molecular formula is C26H30F3N. The lowest BCUT2D eigenvalue weighted by atomic mass is 9.97. The summed E-state index contributed by atoms with van der Waals surface area (Å²) in [7, 11) is 0. The summed E-state index contributed by atoms with van der Waals surface area (Å²) in [6, 6.07) is 21.2. The number of rotatable bonds is 8. The summed E-state index contributed by atoms with van der Waals surface area (Å²) in [5.74, 6) is 0. The van der Waals surface area contributed by atoms with Gasteiger partial charge in [0.1, 0.15) is 0 Å². The highest BCUT2D eigenvalue weighted by molar-refractivity contribution is 5.86. The molecule has 4 heteroatoms. The molecule has 0 spiro atoms. The molecule has 0 unspecified atom stereocenters. The van der Waals surface area contributed by atoms with Crippen LogP contribution < -0.4 is 0 Å². The van der Waals surface area contributed by atoms with Crippen LogP contribution in [-0.2, 0) is 12.6 Å². The van der Waals surface area contributed by atoms with Crippen LogP contribution in [0.5, 0.6) is 0 Å². The third-order valence-electron chi connectivity index (χ3n) is 6.06. The minimum Gasteiger partial charge on any atom is -0.294 e. The van der Waals surface area contributed by atoms with Crippen molar-refractivity contribution in [1.82, 2.24) is 4.90 Å². The van der Waals surface area contributed by atoms with Crippen molar-refractivity contribution < 1.29 is 13.2 Å². The molecule has 160 valence electrons. The van der Waals surface area contributed by atoms with Crippen molar-refractivity contribution in [2.24, 2.45) is 0 Å². The van der Waals surface area contributed by atoms with Crippen LogP contribution in [-0.4, -0.2) is 17.5 Å². The van der Waals surface area contributed by atoms with E-state index in [2.05, 4.69) is 68.1 Å². The van der Waals surface area contributed by atoms with Gasteiger partial charge in [0.15, 0.2) is 0 Å². The lowest BCUT2D eigenvalue weighted by molar-refractivity contribution is -0.137. The fourth-order valence-electron chi connectivity index (χ4n) is 4.19.